The van der Waals surface area contributed by atoms with Gasteiger partial charge in [-0.25, -0.2) is 8.42 Å². The van der Waals surface area contributed by atoms with Gasteiger partial charge in [0, 0.05) is 0 Å². The third-order valence-electron chi connectivity index (χ3n) is 5.02. The van der Waals surface area contributed by atoms with E-state index < -0.39 is 10.1 Å². The van der Waals surface area contributed by atoms with Gasteiger partial charge in [0.25, 0.3) is 0 Å². The summed E-state index contributed by atoms with van der Waals surface area (Å²) in [5, 5.41) is 1.87. The van der Waals surface area contributed by atoms with E-state index in [-0.39, 0.29) is 34.5 Å². The van der Waals surface area contributed by atoms with Gasteiger partial charge >= 0.3 is 29.6 Å². The SMILES string of the molecule is CCCCCCc1cc2ccc(S(=O)(=O)[O-])cc2cc1CCCCCC.[Na+]. The average molecular weight is 399 g/mol. The van der Waals surface area contributed by atoms with Gasteiger partial charge in [-0.1, -0.05) is 70.6 Å². The molecule has 3 nitrogen and oxygen atoms in total. The minimum atomic E-state index is -4.41. The zero-order valence-corrected chi connectivity index (χ0v) is 19.9. The summed E-state index contributed by atoms with van der Waals surface area (Å²) in [5.74, 6) is 0. The van der Waals surface area contributed by atoms with E-state index in [9.17, 15) is 13.0 Å². The molecule has 0 saturated carbocycles. The number of unbranched alkanes of at least 4 members (excludes halogenated alkanes) is 6. The third-order valence-corrected chi connectivity index (χ3v) is 5.85. The van der Waals surface area contributed by atoms with Gasteiger partial charge in [-0.2, -0.15) is 0 Å². The molecule has 2 aromatic carbocycles. The smallest absolute Gasteiger partial charge is 0.744 e. The van der Waals surface area contributed by atoms with Gasteiger partial charge in [0.1, 0.15) is 10.1 Å². The molecule has 0 bridgehead atoms. The molecule has 0 fully saturated rings. The molecule has 0 saturated heterocycles. The van der Waals surface area contributed by atoms with Crippen LogP contribution in [0.5, 0.6) is 0 Å². The minimum Gasteiger partial charge on any atom is -0.744 e. The molecule has 0 aliphatic heterocycles. The Bertz CT molecular complexity index is 816. The summed E-state index contributed by atoms with van der Waals surface area (Å²) in [6.45, 7) is 4.43. The summed E-state index contributed by atoms with van der Waals surface area (Å²) < 4.78 is 34.0. The zero-order valence-electron chi connectivity index (χ0n) is 17.1. The van der Waals surface area contributed by atoms with Crippen LogP contribution in [0.2, 0.25) is 0 Å². The van der Waals surface area contributed by atoms with E-state index in [1.165, 1.54) is 68.2 Å². The first kappa shape index (κ1) is 24.6. The molecule has 5 heteroatoms. The summed E-state index contributed by atoms with van der Waals surface area (Å²) in [6.07, 6.45) is 11.9. The van der Waals surface area contributed by atoms with Crippen LogP contribution in [0.25, 0.3) is 10.8 Å². The number of rotatable bonds is 11. The molecule has 0 N–H and O–H groups in total. The molecule has 0 aromatic heterocycles. The van der Waals surface area contributed by atoms with Gasteiger partial charge in [0.05, 0.1) is 4.90 Å². The van der Waals surface area contributed by atoms with E-state index in [1.807, 2.05) is 0 Å². The Balaban J connectivity index is 0.00000364. The monoisotopic (exact) mass is 398 g/mol. The van der Waals surface area contributed by atoms with Crippen LogP contribution in [0, 0.1) is 0 Å². The van der Waals surface area contributed by atoms with Crippen molar-refractivity contribution in [2.45, 2.75) is 83.0 Å². The van der Waals surface area contributed by atoms with Gasteiger partial charge in [-0.15, -0.1) is 0 Å². The van der Waals surface area contributed by atoms with Gasteiger partial charge < -0.3 is 4.55 Å². The van der Waals surface area contributed by atoms with E-state index >= 15 is 0 Å². The molecule has 144 valence electrons. The quantitative estimate of drug-likeness (QED) is 0.332. The summed E-state index contributed by atoms with van der Waals surface area (Å²) in [6, 6.07) is 9.00. The van der Waals surface area contributed by atoms with Crippen LogP contribution in [0.3, 0.4) is 0 Å². The van der Waals surface area contributed by atoms with Crippen molar-refractivity contribution in [3.8, 4) is 0 Å². The summed E-state index contributed by atoms with van der Waals surface area (Å²) in [7, 11) is -4.41. The molecule has 0 aliphatic rings. The molecule has 0 unspecified atom stereocenters. The van der Waals surface area contributed by atoms with Gasteiger partial charge in [0.15, 0.2) is 0 Å². The Kier molecular flexibility index (Phi) is 11.2. The topological polar surface area (TPSA) is 57.2 Å². The van der Waals surface area contributed by atoms with Crippen molar-refractivity contribution in [1.29, 1.82) is 0 Å². The van der Waals surface area contributed by atoms with E-state index in [1.54, 1.807) is 6.07 Å². The van der Waals surface area contributed by atoms with Crippen molar-refractivity contribution in [1.82, 2.24) is 0 Å². The van der Waals surface area contributed by atoms with Crippen LogP contribution in [0.1, 0.15) is 76.3 Å². The van der Waals surface area contributed by atoms with Gasteiger partial charge in [-0.05, 0) is 59.7 Å². The Labute approximate surface area is 187 Å². The molecule has 27 heavy (non-hydrogen) atoms. The standard InChI is InChI=1S/C22H32O3S.Na/c1-3-5-7-9-11-18-15-20-13-14-22(26(23,24)25)17-21(20)16-19(18)12-10-8-6-4-2;/h13-17H,3-12H2,1-2H3,(H,23,24,25);/q;+1/p-1. The Morgan fingerprint density at radius 1 is 0.741 bits per heavy atom. The number of hydrogen-bond donors (Lipinski definition) is 0. The van der Waals surface area contributed by atoms with Crippen molar-refractivity contribution in [2.75, 3.05) is 0 Å². The molecule has 0 spiro atoms. The number of fused-ring (bicyclic) bond motifs is 1. The Hall–Kier alpha value is -0.390. The fourth-order valence-electron chi connectivity index (χ4n) is 3.48. The van der Waals surface area contributed by atoms with Crippen LogP contribution >= 0.6 is 0 Å². The minimum absolute atomic E-state index is 0. The molecule has 0 radical (unpaired) electrons. The molecular weight excluding hydrogens is 367 g/mol. The van der Waals surface area contributed by atoms with Crippen LogP contribution in [0.15, 0.2) is 35.2 Å². The van der Waals surface area contributed by atoms with Crippen LogP contribution in [-0.4, -0.2) is 13.0 Å². The summed E-state index contributed by atoms with van der Waals surface area (Å²) in [4.78, 5) is -0.141. The zero-order chi connectivity index (χ0) is 19.0. The van der Waals surface area contributed by atoms with Crippen molar-refractivity contribution < 1.29 is 42.5 Å². The Morgan fingerprint density at radius 3 is 1.74 bits per heavy atom. The van der Waals surface area contributed by atoms with Crippen molar-refractivity contribution in [2.24, 2.45) is 0 Å². The fraction of sp³-hybridized carbons (Fsp3) is 0.545. The van der Waals surface area contributed by atoms with E-state index in [0.717, 1.165) is 30.0 Å². The molecule has 2 rings (SSSR count). The molecule has 0 amide bonds. The van der Waals surface area contributed by atoms with Crippen LogP contribution in [0.4, 0.5) is 0 Å². The van der Waals surface area contributed by atoms with Crippen LogP contribution in [-0.2, 0) is 23.0 Å². The second kappa shape index (κ2) is 12.2. The normalized spacial score (nSPS) is 11.5. The van der Waals surface area contributed by atoms with Crippen molar-refractivity contribution in [3.63, 3.8) is 0 Å². The molecule has 0 aliphatic carbocycles. The second-order valence-electron chi connectivity index (χ2n) is 7.21. The Morgan fingerprint density at radius 2 is 1.26 bits per heavy atom. The number of benzene rings is 2. The third kappa shape index (κ3) is 7.86. The summed E-state index contributed by atoms with van der Waals surface area (Å²) >= 11 is 0. The first-order valence-corrected chi connectivity index (χ1v) is 11.4. The predicted octanol–water partition coefficient (Wildman–Crippen LogP) is 2.99. The number of aryl methyl sites for hydroxylation is 2. The summed E-state index contributed by atoms with van der Waals surface area (Å²) in [5.41, 5.74) is 2.69. The maximum Gasteiger partial charge on any atom is 1.00 e. The molecule has 0 atom stereocenters. The first-order chi connectivity index (χ1) is 12.5. The first-order valence-electron chi connectivity index (χ1n) is 9.97. The fourth-order valence-corrected chi connectivity index (χ4v) is 3.98. The van der Waals surface area contributed by atoms with E-state index in [4.69, 9.17) is 0 Å². The maximum atomic E-state index is 11.3. The van der Waals surface area contributed by atoms with Crippen molar-refractivity contribution in [3.05, 3.63) is 41.5 Å². The average Bonchev–Trinajstić information content (AvgIpc) is 2.61. The second-order valence-corrected chi connectivity index (χ2v) is 8.58. The largest absolute Gasteiger partial charge is 1.00 e. The van der Waals surface area contributed by atoms with Crippen LogP contribution < -0.4 is 29.6 Å². The van der Waals surface area contributed by atoms with E-state index in [0.29, 0.717) is 0 Å². The van der Waals surface area contributed by atoms with Gasteiger partial charge in [0.2, 0.25) is 0 Å². The maximum absolute atomic E-state index is 11.3. The van der Waals surface area contributed by atoms with Crippen molar-refractivity contribution >= 4 is 20.9 Å². The van der Waals surface area contributed by atoms with Gasteiger partial charge in [-0.3, -0.25) is 0 Å². The molecular formula is C22H31NaO3S. The molecule has 0 heterocycles. The number of hydrogen-bond acceptors (Lipinski definition) is 3. The predicted molar refractivity (Wildman–Crippen MR) is 108 cm³/mol. The van der Waals surface area contributed by atoms with E-state index in [2.05, 4.69) is 26.0 Å². The molecule has 2 aromatic rings.